The first-order valence-corrected chi connectivity index (χ1v) is 7.18. The van der Waals surface area contributed by atoms with Crippen LogP contribution in [0.5, 0.6) is 5.75 Å². The van der Waals surface area contributed by atoms with Crippen LogP contribution in [0.4, 0.5) is 4.79 Å². The zero-order valence-electron chi connectivity index (χ0n) is 10.8. The molecule has 0 radical (unpaired) electrons. The molecule has 1 amide bonds. The van der Waals surface area contributed by atoms with Crippen molar-refractivity contribution in [1.82, 2.24) is 4.90 Å². The standard InChI is InChI=1S/C14H16INO3/c1-9(2)19-14(18)16-5-3-10-7-12(15)13(17)8-11(10)4-6-16/h7-8,17H,1,3-6H2,2H3. The van der Waals surface area contributed by atoms with E-state index >= 15 is 0 Å². The van der Waals surface area contributed by atoms with E-state index in [2.05, 4.69) is 29.2 Å². The van der Waals surface area contributed by atoms with Crippen LogP contribution < -0.4 is 0 Å². The number of rotatable bonds is 1. The molecule has 0 fully saturated rings. The topological polar surface area (TPSA) is 49.8 Å². The van der Waals surface area contributed by atoms with Gasteiger partial charge in [-0.1, -0.05) is 6.58 Å². The summed E-state index contributed by atoms with van der Waals surface area (Å²) in [4.78, 5) is 13.5. The summed E-state index contributed by atoms with van der Waals surface area (Å²) in [5, 5.41) is 9.74. The largest absolute Gasteiger partial charge is 0.507 e. The van der Waals surface area contributed by atoms with Crippen LogP contribution in [0.3, 0.4) is 0 Å². The molecule has 0 atom stereocenters. The van der Waals surface area contributed by atoms with Gasteiger partial charge in [0.2, 0.25) is 0 Å². The molecule has 1 N–H and O–H groups in total. The molecule has 4 nitrogen and oxygen atoms in total. The highest BCUT2D eigenvalue weighted by molar-refractivity contribution is 14.1. The number of carbonyl (C=O) groups is 1. The molecule has 1 aliphatic heterocycles. The number of ether oxygens (including phenoxy) is 1. The normalized spacial score (nSPS) is 14.5. The summed E-state index contributed by atoms with van der Waals surface area (Å²) in [7, 11) is 0. The Labute approximate surface area is 126 Å². The number of aromatic hydroxyl groups is 1. The molecule has 0 saturated heterocycles. The first kappa shape index (κ1) is 14.2. The summed E-state index contributed by atoms with van der Waals surface area (Å²) in [5.74, 6) is 0.705. The predicted molar refractivity (Wildman–Crippen MR) is 81.1 cm³/mol. The van der Waals surface area contributed by atoms with Crippen molar-refractivity contribution in [3.63, 3.8) is 0 Å². The van der Waals surface area contributed by atoms with Gasteiger partial charge >= 0.3 is 6.09 Å². The van der Waals surface area contributed by atoms with Gasteiger partial charge in [-0.05, 0) is 65.6 Å². The minimum atomic E-state index is -0.348. The van der Waals surface area contributed by atoms with Gasteiger partial charge in [0.25, 0.3) is 0 Å². The van der Waals surface area contributed by atoms with Crippen molar-refractivity contribution in [3.05, 3.63) is 39.2 Å². The molecule has 5 heteroatoms. The average Bonchev–Trinajstić information content (AvgIpc) is 2.52. The predicted octanol–water partition coefficient (Wildman–Crippen LogP) is 3.07. The zero-order valence-corrected chi connectivity index (χ0v) is 12.9. The second kappa shape index (κ2) is 5.81. The number of amides is 1. The highest BCUT2D eigenvalue weighted by Gasteiger charge is 2.20. The molecule has 0 saturated carbocycles. The second-order valence-electron chi connectivity index (χ2n) is 4.63. The van der Waals surface area contributed by atoms with Crippen molar-refractivity contribution >= 4 is 28.7 Å². The number of phenolic OH excluding ortho intramolecular Hbond substituents is 1. The molecule has 1 heterocycles. The summed E-state index contributed by atoms with van der Waals surface area (Å²) in [6.07, 6.45) is 1.15. The van der Waals surface area contributed by atoms with Crippen LogP contribution in [0.25, 0.3) is 0 Å². The number of benzene rings is 1. The van der Waals surface area contributed by atoms with Crippen molar-refractivity contribution in [1.29, 1.82) is 0 Å². The van der Waals surface area contributed by atoms with Crippen LogP contribution in [-0.4, -0.2) is 29.2 Å². The minimum Gasteiger partial charge on any atom is -0.507 e. The lowest BCUT2D eigenvalue weighted by molar-refractivity contribution is 0.131. The monoisotopic (exact) mass is 373 g/mol. The fourth-order valence-electron chi connectivity index (χ4n) is 2.13. The maximum Gasteiger partial charge on any atom is 0.414 e. The Morgan fingerprint density at radius 3 is 2.53 bits per heavy atom. The van der Waals surface area contributed by atoms with Gasteiger partial charge in [-0.25, -0.2) is 4.79 Å². The summed E-state index contributed by atoms with van der Waals surface area (Å²) < 4.78 is 5.88. The van der Waals surface area contributed by atoms with Gasteiger partial charge in [0, 0.05) is 13.1 Å². The zero-order chi connectivity index (χ0) is 14.0. The fourth-order valence-corrected chi connectivity index (χ4v) is 2.66. The molecule has 1 aliphatic rings. The van der Waals surface area contributed by atoms with Gasteiger partial charge in [-0.15, -0.1) is 0 Å². The Hall–Kier alpha value is -1.24. The molecule has 0 bridgehead atoms. The number of hydrogen-bond acceptors (Lipinski definition) is 3. The van der Waals surface area contributed by atoms with Gasteiger partial charge in [0.05, 0.1) is 9.33 Å². The van der Waals surface area contributed by atoms with E-state index in [0.717, 1.165) is 22.0 Å². The van der Waals surface area contributed by atoms with Crippen molar-refractivity contribution in [2.45, 2.75) is 19.8 Å². The Kier molecular flexibility index (Phi) is 4.34. The van der Waals surface area contributed by atoms with Crippen LogP contribution in [0.15, 0.2) is 24.5 Å². The number of carbonyl (C=O) groups excluding carboxylic acids is 1. The average molecular weight is 373 g/mol. The molecular formula is C14H16INO3. The highest BCUT2D eigenvalue weighted by Crippen LogP contribution is 2.26. The first-order chi connectivity index (χ1) is 8.97. The van der Waals surface area contributed by atoms with Gasteiger partial charge < -0.3 is 14.7 Å². The SMILES string of the molecule is C=C(C)OC(=O)N1CCc2cc(O)c(I)cc2CC1. The minimum absolute atomic E-state index is 0.303. The molecule has 1 aromatic carbocycles. The van der Waals surface area contributed by atoms with Gasteiger partial charge in [-0.2, -0.15) is 0 Å². The van der Waals surface area contributed by atoms with Gasteiger partial charge in [-0.3, -0.25) is 0 Å². The van der Waals surface area contributed by atoms with Crippen LogP contribution in [0.1, 0.15) is 18.1 Å². The van der Waals surface area contributed by atoms with E-state index in [0.29, 0.717) is 24.6 Å². The molecule has 0 spiro atoms. The number of allylic oxidation sites excluding steroid dienone is 1. The number of phenols is 1. The molecule has 0 aliphatic carbocycles. The summed E-state index contributed by atoms with van der Waals surface area (Å²) in [6.45, 7) is 6.45. The lowest BCUT2D eigenvalue weighted by Gasteiger charge is -2.19. The van der Waals surface area contributed by atoms with Gasteiger partial charge in [0.1, 0.15) is 5.75 Å². The molecule has 1 aromatic rings. The lowest BCUT2D eigenvalue weighted by Crippen LogP contribution is -2.33. The summed E-state index contributed by atoms with van der Waals surface area (Å²) in [6, 6.07) is 3.78. The van der Waals surface area contributed by atoms with E-state index in [1.807, 2.05) is 6.07 Å². The van der Waals surface area contributed by atoms with E-state index < -0.39 is 0 Å². The van der Waals surface area contributed by atoms with E-state index in [4.69, 9.17) is 4.74 Å². The Bertz CT molecular complexity index is 495. The lowest BCUT2D eigenvalue weighted by atomic mass is 10.0. The molecular weight excluding hydrogens is 357 g/mol. The van der Waals surface area contributed by atoms with Crippen molar-refractivity contribution in [3.8, 4) is 5.75 Å². The van der Waals surface area contributed by atoms with Gasteiger partial charge in [0.15, 0.2) is 0 Å². The molecule has 0 aromatic heterocycles. The molecule has 0 unspecified atom stereocenters. The summed E-state index contributed by atoms with van der Waals surface area (Å²) >= 11 is 2.11. The second-order valence-corrected chi connectivity index (χ2v) is 5.79. The van der Waals surface area contributed by atoms with E-state index in [1.54, 1.807) is 17.9 Å². The number of nitrogens with zero attached hydrogens (tertiary/aromatic N) is 1. The van der Waals surface area contributed by atoms with Crippen molar-refractivity contribution in [2.24, 2.45) is 0 Å². The van der Waals surface area contributed by atoms with Crippen molar-refractivity contribution in [2.75, 3.05) is 13.1 Å². The van der Waals surface area contributed by atoms with Crippen LogP contribution >= 0.6 is 22.6 Å². The Balaban J connectivity index is 2.12. The molecule has 102 valence electrons. The maximum atomic E-state index is 11.8. The first-order valence-electron chi connectivity index (χ1n) is 6.10. The Morgan fingerprint density at radius 1 is 1.37 bits per heavy atom. The van der Waals surface area contributed by atoms with Crippen LogP contribution in [-0.2, 0) is 17.6 Å². The van der Waals surface area contributed by atoms with Crippen molar-refractivity contribution < 1.29 is 14.6 Å². The quantitative estimate of drug-likeness (QED) is 0.608. The van der Waals surface area contributed by atoms with Crippen LogP contribution in [0.2, 0.25) is 0 Å². The van der Waals surface area contributed by atoms with Crippen LogP contribution in [0, 0.1) is 3.57 Å². The Morgan fingerprint density at radius 2 is 1.95 bits per heavy atom. The van der Waals surface area contributed by atoms with E-state index in [9.17, 15) is 9.90 Å². The number of fused-ring (bicyclic) bond motifs is 1. The highest BCUT2D eigenvalue weighted by atomic mass is 127. The third kappa shape index (κ3) is 3.40. The smallest absolute Gasteiger partial charge is 0.414 e. The fraction of sp³-hybridized carbons (Fsp3) is 0.357. The molecule has 2 rings (SSSR count). The maximum absolute atomic E-state index is 11.8. The molecule has 19 heavy (non-hydrogen) atoms. The summed E-state index contributed by atoms with van der Waals surface area (Å²) in [5.41, 5.74) is 2.29. The van der Waals surface area contributed by atoms with E-state index in [-0.39, 0.29) is 6.09 Å². The van der Waals surface area contributed by atoms with E-state index in [1.165, 1.54) is 5.56 Å². The third-order valence-electron chi connectivity index (χ3n) is 3.09. The third-order valence-corrected chi connectivity index (χ3v) is 3.95. The number of hydrogen-bond donors (Lipinski definition) is 1. The number of halogens is 1.